The van der Waals surface area contributed by atoms with E-state index in [0.717, 1.165) is 6.42 Å². The van der Waals surface area contributed by atoms with Gasteiger partial charge in [-0.1, -0.05) is 6.92 Å². The van der Waals surface area contributed by atoms with Crippen molar-refractivity contribution in [3.05, 3.63) is 0 Å². The van der Waals surface area contributed by atoms with Crippen molar-refractivity contribution in [3.63, 3.8) is 0 Å². The van der Waals surface area contributed by atoms with E-state index in [4.69, 9.17) is 26.2 Å². The van der Waals surface area contributed by atoms with Gasteiger partial charge in [0.05, 0.1) is 6.61 Å². The zero-order chi connectivity index (χ0) is 14.6. The summed E-state index contributed by atoms with van der Waals surface area (Å²) in [4.78, 5) is 20.1. The summed E-state index contributed by atoms with van der Waals surface area (Å²) in [6.07, 6.45) is 1.17. The average Bonchev–Trinajstić information content (AvgIpc) is 2.33. The lowest BCUT2D eigenvalue weighted by molar-refractivity contribution is -0.140. The molecule has 0 spiro atoms. The first-order valence-corrected chi connectivity index (χ1v) is 5.56. The van der Waals surface area contributed by atoms with Gasteiger partial charge in [-0.05, 0) is 19.4 Å². The second kappa shape index (κ2) is 12.2. The number of nitrogens with one attached hydrogen (secondary N) is 1. The number of carboxylic acids is 2. The molecule has 7 N–H and O–H groups in total. The van der Waals surface area contributed by atoms with Crippen molar-refractivity contribution in [2.75, 3.05) is 19.8 Å². The van der Waals surface area contributed by atoms with Gasteiger partial charge in [-0.25, -0.2) is 0 Å². The number of aliphatic hydroxyl groups is 2. The molecule has 0 bridgehead atoms. The van der Waals surface area contributed by atoms with Crippen molar-refractivity contribution in [3.8, 4) is 0 Å². The Bertz CT molecular complexity index is 236. The predicted octanol–water partition coefficient (Wildman–Crippen LogP) is -1.79. The van der Waals surface area contributed by atoms with E-state index in [-0.39, 0.29) is 13.0 Å². The van der Waals surface area contributed by atoms with Gasteiger partial charge in [-0.3, -0.25) is 9.59 Å². The number of hydrogen-bond acceptors (Lipinski definition) is 6. The van der Waals surface area contributed by atoms with Crippen molar-refractivity contribution < 1.29 is 30.0 Å². The molecule has 0 aliphatic heterocycles. The normalized spacial score (nSPS) is 13.1. The maximum Gasteiger partial charge on any atom is 0.322 e. The molecule has 8 heteroatoms. The van der Waals surface area contributed by atoms with Crippen LogP contribution in [0.25, 0.3) is 0 Å². The van der Waals surface area contributed by atoms with Gasteiger partial charge in [0.2, 0.25) is 0 Å². The molecule has 0 aromatic rings. The summed E-state index contributed by atoms with van der Waals surface area (Å²) in [6, 6.07) is -1.72. The maximum absolute atomic E-state index is 10.4. The van der Waals surface area contributed by atoms with Crippen LogP contribution < -0.4 is 11.1 Å². The molecular formula is C10H22N2O6. The molecule has 8 nitrogen and oxygen atoms in total. The number of carboxylic acid groups (broad SMARTS) is 2. The number of carbonyl (C=O) groups is 2. The van der Waals surface area contributed by atoms with Crippen LogP contribution in [0.5, 0.6) is 0 Å². The van der Waals surface area contributed by atoms with E-state index < -0.39 is 30.6 Å². The average molecular weight is 266 g/mol. The summed E-state index contributed by atoms with van der Waals surface area (Å²) in [7, 11) is 0. The van der Waals surface area contributed by atoms with Gasteiger partial charge < -0.3 is 31.5 Å². The number of hydrogen-bond donors (Lipinski definition) is 6. The molecule has 0 unspecified atom stereocenters. The summed E-state index contributed by atoms with van der Waals surface area (Å²) in [5.74, 6) is -2.07. The van der Waals surface area contributed by atoms with E-state index in [0.29, 0.717) is 6.54 Å². The lowest BCUT2D eigenvalue weighted by atomic mass is 10.2. The summed E-state index contributed by atoms with van der Waals surface area (Å²) < 4.78 is 0. The van der Waals surface area contributed by atoms with E-state index in [1.807, 2.05) is 6.92 Å². The minimum absolute atomic E-state index is 0.0896. The summed E-state index contributed by atoms with van der Waals surface area (Å²) in [5, 5.41) is 35.7. The van der Waals surface area contributed by atoms with E-state index in [1.54, 1.807) is 0 Å². The molecule has 0 radical (unpaired) electrons. The molecule has 0 aliphatic carbocycles. The first-order valence-electron chi connectivity index (χ1n) is 5.56. The lowest BCUT2D eigenvalue weighted by Crippen LogP contribution is -2.37. The van der Waals surface area contributed by atoms with E-state index in [2.05, 4.69) is 5.32 Å². The molecule has 0 saturated carbocycles. The van der Waals surface area contributed by atoms with Crippen molar-refractivity contribution >= 4 is 11.9 Å². The first-order chi connectivity index (χ1) is 8.40. The Labute approximate surface area is 105 Å². The maximum atomic E-state index is 10.4. The first kappa shape index (κ1) is 19.1. The van der Waals surface area contributed by atoms with Gasteiger partial charge in [-0.15, -0.1) is 0 Å². The smallest absolute Gasteiger partial charge is 0.322 e. The Kier molecular flexibility index (Phi) is 13.0. The minimum atomic E-state index is -1.18. The molecular weight excluding hydrogens is 244 g/mol. The standard InChI is InChI=1S/C7H15NO3.C3H7NO3/c1-2-4-8-6(3-5-9)7(10)11;4-2(1-5)3(6)7/h6,8-9H,2-5H2,1H3,(H,10,11);2,5H,1,4H2,(H,6,7)/t6-;2-/m00/s1. The van der Waals surface area contributed by atoms with Gasteiger partial charge in [0.1, 0.15) is 12.1 Å². The highest BCUT2D eigenvalue weighted by atomic mass is 16.4. The molecule has 0 aliphatic rings. The fourth-order valence-corrected chi connectivity index (χ4v) is 0.839. The zero-order valence-electron chi connectivity index (χ0n) is 10.4. The van der Waals surface area contributed by atoms with Crippen molar-refractivity contribution in [2.24, 2.45) is 5.73 Å². The summed E-state index contributed by atoms with van der Waals surface area (Å²) >= 11 is 0. The SMILES string of the molecule is CCCN[C@@H](CCO)C(=O)O.N[C@@H](CO)C(=O)O. The van der Waals surface area contributed by atoms with Crippen LogP contribution in [-0.2, 0) is 9.59 Å². The van der Waals surface area contributed by atoms with Crippen LogP contribution in [0, 0.1) is 0 Å². The van der Waals surface area contributed by atoms with Gasteiger partial charge in [-0.2, -0.15) is 0 Å². The van der Waals surface area contributed by atoms with Crippen LogP contribution in [0.3, 0.4) is 0 Å². The quantitative estimate of drug-likeness (QED) is 0.301. The molecule has 0 fully saturated rings. The predicted molar refractivity (Wildman–Crippen MR) is 64.1 cm³/mol. The van der Waals surface area contributed by atoms with Crippen LogP contribution in [0.15, 0.2) is 0 Å². The molecule has 108 valence electrons. The number of rotatable bonds is 8. The van der Waals surface area contributed by atoms with Gasteiger partial charge in [0, 0.05) is 6.61 Å². The van der Waals surface area contributed by atoms with Crippen LogP contribution in [0.4, 0.5) is 0 Å². The fraction of sp³-hybridized carbons (Fsp3) is 0.800. The summed E-state index contributed by atoms with van der Waals surface area (Å²) in [6.45, 7) is 2.05. The largest absolute Gasteiger partial charge is 0.480 e. The highest BCUT2D eigenvalue weighted by Gasteiger charge is 2.14. The van der Waals surface area contributed by atoms with Crippen LogP contribution >= 0.6 is 0 Å². The third-order valence-electron chi connectivity index (χ3n) is 1.87. The fourth-order valence-electron chi connectivity index (χ4n) is 0.839. The highest BCUT2D eigenvalue weighted by molar-refractivity contribution is 5.73. The molecule has 2 atom stereocenters. The Morgan fingerprint density at radius 1 is 1.22 bits per heavy atom. The summed E-state index contributed by atoms with van der Waals surface area (Å²) in [5.41, 5.74) is 4.77. The number of aliphatic carboxylic acids is 2. The van der Waals surface area contributed by atoms with E-state index >= 15 is 0 Å². The number of aliphatic hydroxyl groups excluding tert-OH is 2. The van der Waals surface area contributed by atoms with Gasteiger partial charge >= 0.3 is 11.9 Å². The third-order valence-corrected chi connectivity index (χ3v) is 1.87. The van der Waals surface area contributed by atoms with E-state index in [1.165, 1.54) is 0 Å². The Morgan fingerprint density at radius 2 is 1.78 bits per heavy atom. The van der Waals surface area contributed by atoms with Crippen LogP contribution in [0.2, 0.25) is 0 Å². The molecule has 0 rings (SSSR count). The second-order valence-corrected chi connectivity index (χ2v) is 3.48. The highest BCUT2D eigenvalue weighted by Crippen LogP contribution is 1.90. The molecule has 0 aromatic carbocycles. The van der Waals surface area contributed by atoms with Crippen LogP contribution in [-0.4, -0.2) is 64.2 Å². The minimum Gasteiger partial charge on any atom is -0.480 e. The molecule has 0 heterocycles. The van der Waals surface area contributed by atoms with Crippen LogP contribution in [0.1, 0.15) is 19.8 Å². The molecule has 0 amide bonds. The molecule has 0 saturated heterocycles. The van der Waals surface area contributed by atoms with Gasteiger partial charge in [0.15, 0.2) is 0 Å². The monoisotopic (exact) mass is 266 g/mol. The van der Waals surface area contributed by atoms with Crippen molar-refractivity contribution in [1.82, 2.24) is 5.32 Å². The Balaban J connectivity index is 0. The second-order valence-electron chi connectivity index (χ2n) is 3.48. The van der Waals surface area contributed by atoms with E-state index in [9.17, 15) is 9.59 Å². The van der Waals surface area contributed by atoms with Crippen molar-refractivity contribution in [1.29, 1.82) is 0 Å². The topological polar surface area (TPSA) is 153 Å². The number of nitrogens with two attached hydrogens (primary N) is 1. The lowest BCUT2D eigenvalue weighted by Gasteiger charge is -2.11. The van der Waals surface area contributed by atoms with Crippen molar-refractivity contribution in [2.45, 2.75) is 31.8 Å². The van der Waals surface area contributed by atoms with Gasteiger partial charge in [0.25, 0.3) is 0 Å². The Hall–Kier alpha value is -1.22. The Morgan fingerprint density at radius 3 is 2.00 bits per heavy atom. The zero-order valence-corrected chi connectivity index (χ0v) is 10.4. The molecule has 18 heavy (non-hydrogen) atoms. The third kappa shape index (κ3) is 11.3. The molecule has 0 aromatic heterocycles.